The summed E-state index contributed by atoms with van der Waals surface area (Å²) in [5.41, 5.74) is 2.08. The molecule has 26 heavy (non-hydrogen) atoms. The van der Waals surface area contributed by atoms with Gasteiger partial charge in [0.15, 0.2) is 0 Å². The van der Waals surface area contributed by atoms with Crippen LogP contribution in [-0.4, -0.2) is 56.5 Å². The van der Waals surface area contributed by atoms with Crippen molar-refractivity contribution in [1.29, 1.82) is 0 Å². The van der Waals surface area contributed by atoms with Crippen LogP contribution in [0.1, 0.15) is 40.3 Å². The van der Waals surface area contributed by atoms with Gasteiger partial charge >= 0.3 is 0 Å². The molecule has 5 heterocycles. The smallest absolute Gasteiger partial charge is 0.274 e. The number of aryl methyl sites for hydroxylation is 2. The first kappa shape index (κ1) is 17.0. The Morgan fingerprint density at radius 1 is 1.31 bits per heavy atom. The van der Waals surface area contributed by atoms with E-state index in [1.165, 1.54) is 6.20 Å². The molecule has 2 aromatic rings. The number of amides is 1. The normalized spacial score (nSPS) is 23.2. The molecule has 0 aliphatic carbocycles. The summed E-state index contributed by atoms with van der Waals surface area (Å²) >= 11 is 0. The zero-order chi connectivity index (χ0) is 18.3. The summed E-state index contributed by atoms with van der Waals surface area (Å²) in [6, 6.07) is 0.162. The summed E-state index contributed by atoms with van der Waals surface area (Å²) in [4.78, 5) is 34.9. The molecule has 3 saturated heterocycles. The number of hydrogen-bond acceptors (Lipinski definition) is 6. The second-order valence-electron chi connectivity index (χ2n) is 7.35. The Balaban J connectivity index is 1.52. The van der Waals surface area contributed by atoms with Gasteiger partial charge in [-0.15, -0.1) is 0 Å². The second kappa shape index (κ2) is 6.68. The van der Waals surface area contributed by atoms with Crippen molar-refractivity contribution in [2.45, 2.75) is 39.3 Å². The van der Waals surface area contributed by atoms with E-state index in [1.807, 2.05) is 18.7 Å². The summed E-state index contributed by atoms with van der Waals surface area (Å²) in [6.07, 6.45) is 4.70. The van der Waals surface area contributed by atoms with Gasteiger partial charge in [0.2, 0.25) is 0 Å². The number of nitrogens with one attached hydrogen (secondary N) is 1. The maximum absolute atomic E-state index is 12.9. The summed E-state index contributed by atoms with van der Waals surface area (Å²) < 4.78 is 5.29. The first-order chi connectivity index (χ1) is 12.5. The molecular formula is C18H23N5O3. The van der Waals surface area contributed by atoms with Crippen LogP contribution in [0.25, 0.3) is 0 Å². The topological polar surface area (TPSA) is 95.3 Å². The summed E-state index contributed by atoms with van der Waals surface area (Å²) in [5, 5.41) is 4.05. The van der Waals surface area contributed by atoms with Crippen LogP contribution in [0.3, 0.4) is 0 Å². The van der Waals surface area contributed by atoms with E-state index in [9.17, 15) is 9.59 Å². The predicted octanol–water partition coefficient (Wildman–Crippen LogP) is 1.11. The van der Waals surface area contributed by atoms with Gasteiger partial charge in [0.25, 0.3) is 11.5 Å². The van der Waals surface area contributed by atoms with Crippen molar-refractivity contribution in [3.63, 3.8) is 0 Å². The molecule has 1 amide bonds. The van der Waals surface area contributed by atoms with Gasteiger partial charge in [-0.1, -0.05) is 5.16 Å². The number of hydrogen-bond donors (Lipinski definition) is 1. The van der Waals surface area contributed by atoms with Crippen molar-refractivity contribution in [2.75, 3.05) is 19.6 Å². The lowest BCUT2D eigenvalue weighted by atomic mass is 9.95. The number of nitrogens with zero attached hydrogens (tertiary/aromatic N) is 4. The minimum atomic E-state index is -0.301. The van der Waals surface area contributed by atoms with Gasteiger partial charge in [-0.2, -0.15) is 0 Å². The maximum atomic E-state index is 12.9. The first-order valence-electron chi connectivity index (χ1n) is 9.01. The molecule has 0 aromatic carbocycles. The number of rotatable bonds is 3. The summed E-state index contributed by atoms with van der Waals surface area (Å²) in [7, 11) is 0. The minimum absolute atomic E-state index is 0.102. The quantitative estimate of drug-likeness (QED) is 0.884. The molecule has 1 N–H and O–H groups in total. The minimum Gasteiger partial charge on any atom is -0.361 e. The highest BCUT2D eigenvalue weighted by atomic mass is 16.5. The van der Waals surface area contributed by atoms with E-state index in [4.69, 9.17) is 4.52 Å². The Labute approximate surface area is 151 Å². The number of carbonyl (C=O) groups is 1. The van der Waals surface area contributed by atoms with Crippen LogP contribution in [0.5, 0.6) is 0 Å². The lowest BCUT2D eigenvalue weighted by molar-refractivity contribution is 0.0578. The van der Waals surface area contributed by atoms with Crippen molar-refractivity contribution in [3.8, 4) is 0 Å². The number of piperidine rings is 1. The zero-order valence-corrected chi connectivity index (χ0v) is 15.1. The molecule has 5 rings (SSSR count). The fourth-order valence-corrected chi connectivity index (χ4v) is 4.11. The van der Waals surface area contributed by atoms with E-state index in [2.05, 4.69) is 20.0 Å². The summed E-state index contributed by atoms with van der Waals surface area (Å²) in [6.45, 7) is 7.24. The third-order valence-electron chi connectivity index (χ3n) is 5.50. The zero-order valence-electron chi connectivity index (χ0n) is 15.1. The Bertz CT molecular complexity index is 834. The van der Waals surface area contributed by atoms with Crippen molar-refractivity contribution in [3.05, 3.63) is 45.5 Å². The molecule has 3 aliphatic rings. The third kappa shape index (κ3) is 3.16. The molecule has 3 fully saturated rings. The van der Waals surface area contributed by atoms with Crippen molar-refractivity contribution >= 4 is 5.91 Å². The molecule has 0 radical (unpaired) electrons. The van der Waals surface area contributed by atoms with E-state index in [-0.39, 0.29) is 17.5 Å². The van der Waals surface area contributed by atoms with Gasteiger partial charge in [0.1, 0.15) is 11.5 Å². The molecule has 0 unspecified atom stereocenters. The number of fused-ring (bicyclic) bond motifs is 4. The Kier molecular flexibility index (Phi) is 4.36. The highest BCUT2D eigenvalue weighted by molar-refractivity contribution is 5.92. The van der Waals surface area contributed by atoms with Crippen LogP contribution in [0.4, 0.5) is 0 Å². The molecule has 0 spiro atoms. The van der Waals surface area contributed by atoms with Crippen molar-refractivity contribution in [2.24, 2.45) is 5.92 Å². The highest BCUT2D eigenvalue weighted by Gasteiger charge is 2.38. The Morgan fingerprint density at radius 3 is 2.85 bits per heavy atom. The van der Waals surface area contributed by atoms with E-state index < -0.39 is 0 Å². The fourth-order valence-electron chi connectivity index (χ4n) is 4.11. The van der Waals surface area contributed by atoms with E-state index in [1.54, 1.807) is 0 Å². The van der Waals surface area contributed by atoms with E-state index >= 15 is 0 Å². The molecule has 8 nitrogen and oxygen atoms in total. The second-order valence-corrected chi connectivity index (χ2v) is 7.35. The Hall–Kier alpha value is -2.48. The van der Waals surface area contributed by atoms with Gasteiger partial charge in [-0.05, 0) is 32.6 Å². The van der Waals surface area contributed by atoms with Crippen LogP contribution in [0, 0.1) is 19.8 Å². The molecule has 2 aromatic heterocycles. The number of aromatic amines is 1. The van der Waals surface area contributed by atoms with Crippen LogP contribution < -0.4 is 5.56 Å². The molecule has 0 saturated carbocycles. The lowest BCUT2D eigenvalue weighted by Gasteiger charge is -2.36. The van der Waals surface area contributed by atoms with Crippen LogP contribution in [-0.2, 0) is 6.54 Å². The Morgan fingerprint density at radius 2 is 2.15 bits per heavy atom. The van der Waals surface area contributed by atoms with Crippen LogP contribution in [0.15, 0.2) is 21.7 Å². The molecule has 2 bridgehead atoms. The first-order valence-corrected chi connectivity index (χ1v) is 9.01. The molecule has 2 atom stereocenters. The van der Waals surface area contributed by atoms with Gasteiger partial charge in [-0.3, -0.25) is 14.5 Å². The number of H-pyrrole nitrogens is 1. The van der Waals surface area contributed by atoms with Crippen LogP contribution in [0.2, 0.25) is 0 Å². The van der Waals surface area contributed by atoms with E-state index in [0.717, 1.165) is 62.2 Å². The van der Waals surface area contributed by atoms with Crippen molar-refractivity contribution in [1.82, 2.24) is 24.9 Å². The molecule has 3 aliphatic heterocycles. The van der Waals surface area contributed by atoms with E-state index in [0.29, 0.717) is 11.6 Å². The van der Waals surface area contributed by atoms with Crippen LogP contribution >= 0.6 is 0 Å². The predicted molar refractivity (Wildman–Crippen MR) is 93.7 cm³/mol. The number of carbonyl (C=O) groups excluding carboxylic acids is 1. The van der Waals surface area contributed by atoms with Crippen molar-refractivity contribution < 1.29 is 9.32 Å². The SMILES string of the molecule is Cc1noc(C)c1CN1C[C@H]2CC[C@@H](C1)N(C(=O)c1c[nH]c(=O)cn1)C2. The van der Waals surface area contributed by atoms with Gasteiger partial charge in [-0.25, -0.2) is 4.98 Å². The number of aromatic nitrogens is 3. The molecule has 8 heteroatoms. The lowest BCUT2D eigenvalue weighted by Crippen LogP contribution is -2.47. The van der Waals surface area contributed by atoms with Gasteiger partial charge < -0.3 is 14.4 Å². The molecular weight excluding hydrogens is 334 g/mol. The fraction of sp³-hybridized carbons (Fsp3) is 0.556. The maximum Gasteiger partial charge on any atom is 0.274 e. The monoisotopic (exact) mass is 357 g/mol. The largest absolute Gasteiger partial charge is 0.361 e. The average molecular weight is 357 g/mol. The standard InChI is InChI=1S/C18H23N5O3/c1-11-15(12(2)26-21-11)10-22-7-13-3-4-14(9-22)23(8-13)18(25)16-5-20-17(24)6-19-16/h5-6,13-14H,3-4,7-10H2,1-2H3,(H,20,24)/t13-,14+/m1/s1. The van der Waals surface area contributed by atoms with Gasteiger partial charge in [0.05, 0.1) is 11.9 Å². The third-order valence-corrected chi connectivity index (χ3v) is 5.50. The molecule has 138 valence electrons. The highest BCUT2D eigenvalue weighted by Crippen LogP contribution is 2.30. The average Bonchev–Trinajstić information content (AvgIpc) is 2.82. The van der Waals surface area contributed by atoms with Gasteiger partial charge in [0, 0.05) is 44.0 Å². The summed E-state index contributed by atoms with van der Waals surface area (Å²) in [5.74, 6) is 1.21.